The van der Waals surface area contributed by atoms with Crippen molar-refractivity contribution in [3.63, 3.8) is 0 Å². The lowest BCUT2D eigenvalue weighted by Gasteiger charge is -2.27. The number of morpholine rings is 1. The summed E-state index contributed by atoms with van der Waals surface area (Å²) in [6, 6.07) is 5.24. The van der Waals surface area contributed by atoms with E-state index in [0.717, 1.165) is 0 Å². The predicted molar refractivity (Wildman–Crippen MR) is 85.1 cm³/mol. The molecular weight excluding hydrogens is 341 g/mol. The highest BCUT2D eigenvalue weighted by Gasteiger charge is 2.29. The second kappa shape index (κ2) is 8.28. The molecule has 1 aliphatic rings. The van der Waals surface area contributed by atoms with Crippen molar-refractivity contribution in [2.45, 2.75) is 12.2 Å². The first kappa shape index (κ1) is 19.2. The molecule has 1 atom stereocenters. The summed E-state index contributed by atoms with van der Waals surface area (Å²) in [4.78, 5) is 25.3. The van der Waals surface area contributed by atoms with Crippen LogP contribution in [0, 0.1) is 0 Å². The summed E-state index contributed by atoms with van der Waals surface area (Å²) in [5.74, 6) is -0.829. The Morgan fingerprint density at radius 1 is 1.32 bits per heavy atom. The van der Waals surface area contributed by atoms with Gasteiger partial charge in [-0.3, -0.25) is 14.9 Å². The van der Waals surface area contributed by atoms with Gasteiger partial charge in [-0.05, 0) is 24.3 Å². The second-order valence-corrected chi connectivity index (χ2v) is 5.42. The first-order valence-electron chi connectivity index (χ1n) is 7.59. The number of carbonyl (C=O) groups is 2. The third-order valence-corrected chi connectivity index (χ3v) is 3.53. The van der Waals surface area contributed by atoms with E-state index < -0.39 is 24.7 Å². The van der Waals surface area contributed by atoms with Crippen LogP contribution in [0.25, 0.3) is 0 Å². The van der Waals surface area contributed by atoms with Gasteiger partial charge in [-0.1, -0.05) is 0 Å². The van der Waals surface area contributed by atoms with Crippen LogP contribution in [0.4, 0.5) is 24.5 Å². The molecule has 25 heavy (non-hydrogen) atoms. The van der Waals surface area contributed by atoms with Gasteiger partial charge in [0, 0.05) is 24.5 Å². The van der Waals surface area contributed by atoms with Gasteiger partial charge < -0.3 is 20.7 Å². The minimum absolute atomic E-state index is 0.0154. The number of rotatable bonds is 6. The van der Waals surface area contributed by atoms with Crippen molar-refractivity contribution >= 4 is 23.2 Å². The van der Waals surface area contributed by atoms with Gasteiger partial charge in [-0.2, -0.15) is 13.2 Å². The van der Waals surface area contributed by atoms with Crippen LogP contribution in [0.15, 0.2) is 24.3 Å². The fourth-order valence-corrected chi connectivity index (χ4v) is 2.27. The van der Waals surface area contributed by atoms with E-state index >= 15 is 0 Å². The van der Waals surface area contributed by atoms with Crippen molar-refractivity contribution in [1.29, 1.82) is 0 Å². The maximum absolute atomic E-state index is 12.2. The molecule has 0 radical (unpaired) electrons. The summed E-state index contributed by atoms with van der Waals surface area (Å²) < 4.78 is 41.7. The van der Waals surface area contributed by atoms with Crippen LogP contribution >= 0.6 is 0 Å². The molecule has 0 spiro atoms. The van der Waals surface area contributed by atoms with Crippen LogP contribution in [-0.4, -0.2) is 56.9 Å². The Balaban J connectivity index is 1.95. The minimum atomic E-state index is -4.43. The fraction of sp³-hybridized carbons (Fsp3) is 0.467. The minimum Gasteiger partial charge on any atom is -0.370 e. The van der Waals surface area contributed by atoms with Crippen molar-refractivity contribution < 1.29 is 27.5 Å². The number of halogens is 3. The van der Waals surface area contributed by atoms with Crippen molar-refractivity contribution in [3.05, 3.63) is 24.3 Å². The number of nitrogens with two attached hydrogens (primary N) is 1. The molecule has 7 nitrogen and oxygen atoms in total. The zero-order valence-corrected chi connectivity index (χ0v) is 13.3. The lowest BCUT2D eigenvalue weighted by atomic mass is 10.2. The standard InChI is InChI=1S/C15H19F3N4O3/c16-15(17,18)9-20-12(7-19)14(24)21-10-1-3-11(4-2-10)22-5-6-25-8-13(22)23/h1-4,12,20H,5-9,19H2,(H,21,24)/t12-/m0/s1. The Morgan fingerprint density at radius 2 is 2.00 bits per heavy atom. The Kier molecular flexibility index (Phi) is 6.34. The molecular formula is C15H19F3N4O3. The third-order valence-electron chi connectivity index (χ3n) is 3.53. The number of nitrogens with zero attached hydrogens (tertiary/aromatic N) is 1. The highest BCUT2D eigenvalue weighted by molar-refractivity contribution is 5.97. The Bertz CT molecular complexity index is 607. The zero-order chi connectivity index (χ0) is 18.4. The van der Waals surface area contributed by atoms with Crippen LogP contribution < -0.4 is 21.3 Å². The predicted octanol–water partition coefficient (Wildman–Crippen LogP) is 0.468. The van der Waals surface area contributed by atoms with E-state index in [2.05, 4.69) is 10.6 Å². The molecule has 0 saturated carbocycles. The first-order chi connectivity index (χ1) is 11.8. The average molecular weight is 360 g/mol. The van der Waals surface area contributed by atoms with Gasteiger partial charge in [-0.25, -0.2) is 0 Å². The molecule has 10 heteroatoms. The Morgan fingerprint density at radius 3 is 2.56 bits per heavy atom. The highest BCUT2D eigenvalue weighted by atomic mass is 19.4. The second-order valence-electron chi connectivity index (χ2n) is 5.42. The van der Waals surface area contributed by atoms with Gasteiger partial charge in [0.25, 0.3) is 5.91 Å². The van der Waals surface area contributed by atoms with Gasteiger partial charge in [0.15, 0.2) is 0 Å². The maximum atomic E-state index is 12.2. The van der Waals surface area contributed by atoms with Crippen molar-refractivity contribution in [2.24, 2.45) is 5.73 Å². The van der Waals surface area contributed by atoms with Crippen molar-refractivity contribution in [1.82, 2.24) is 5.32 Å². The lowest BCUT2D eigenvalue weighted by molar-refractivity contribution is -0.130. The summed E-state index contributed by atoms with van der Waals surface area (Å²) in [6.07, 6.45) is -4.43. The molecule has 2 amide bonds. The molecule has 0 unspecified atom stereocenters. The Labute approximate surface area is 142 Å². The van der Waals surface area contributed by atoms with Crippen LogP contribution in [0.3, 0.4) is 0 Å². The number of hydrogen-bond acceptors (Lipinski definition) is 5. The van der Waals surface area contributed by atoms with Gasteiger partial charge in [-0.15, -0.1) is 0 Å². The lowest BCUT2D eigenvalue weighted by Crippen LogP contribution is -2.48. The molecule has 138 valence electrons. The highest BCUT2D eigenvalue weighted by Crippen LogP contribution is 2.20. The summed E-state index contributed by atoms with van der Waals surface area (Å²) >= 11 is 0. The largest absolute Gasteiger partial charge is 0.401 e. The van der Waals surface area contributed by atoms with Crippen LogP contribution in [0.2, 0.25) is 0 Å². The van der Waals surface area contributed by atoms with Gasteiger partial charge >= 0.3 is 6.18 Å². The number of ether oxygens (including phenoxy) is 1. The molecule has 1 fully saturated rings. The third kappa shape index (κ3) is 5.69. The number of anilines is 2. The number of nitrogens with one attached hydrogen (secondary N) is 2. The summed E-state index contributed by atoms with van der Waals surface area (Å²) in [6.45, 7) is -0.696. The Hall–Kier alpha value is -2.17. The molecule has 1 aliphatic heterocycles. The van der Waals surface area contributed by atoms with E-state index in [0.29, 0.717) is 24.5 Å². The van der Waals surface area contributed by atoms with Crippen molar-refractivity contribution in [3.8, 4) is 0 Å². The van der Waals surface area contributed by atoms with Crippen LogP contribution in [-0.2, 0) is 14.3 Å². The number of hydrogen-bond donors (Lipinski definition) is 3. The average Bonchev–Trinajstić information content (AvgIpc) is 2.56. The molecule has 2 rings (SSSR count). The smallest absolute Gasteiger partial charge is 0.370 e. The van der Waals surface area contributed by atoms with E-state index in [1.54, 1.807) is 29.2 Å². The molecule has 1 heterocycles. The van der Waals surface area contributed by atoms with E-state index in [4.69, 9.17) is 10.5 Å². The number of carbonyl (C=O) groups excluding carboxylic acids is 2. The zero-order valence-electron chi connectivity index (χ0n) is 13.3. The van der Waals surface area contributed by atoms with E-state index in [-0.39, 0.29) is 19.1 Å². The van der Waals surface area contributed by atoms with E-state index in [9.17, 15) is 22.8 Å². The number of amides is 2. The summed E-state index contributed by atoms with van der Waals surface area (Å²) in [5.41, 5.74) is 6.39. The molecule has 4 N–H and O–H groups in total. The molecule has 1 aromatic rings. The van der Waals surface area contributed by atoms with Crippen molar-refractivity contribution in [2.75, 3.05) is 43.1 Å². The SMILES string of the molecule is NC[C@H](NCC(F)(F)F)C(=O)Nc1ccc(N2CCOCC2=O)cc1. The molecule has 0 aliphatic carbocycles. The monoisotopic (exact) mass is 360 g/mol. The van der Waals surface area contributed by atoms with Crippen LogP contribution in [0.1, 0.15) is 0 Å². The summed E-state index contributed by atoms with van der Waals surface area (Å²) in [7, 11) is 0. The van der Waals surface area contributed by atoms with Gasteiger partial charge in [0.1, 0.15) is 6.61 Å². The first-order valence-corrected chi connectivity index (χ1v) is 7.59. The van der Waals surface area contributed by atoms with Gasteiger partial charge in [0.05, 0.1) is 19.2 Å². The van der Waals surface area contributed by atoms with Gasteiger partial charge in [0.2, 0.25) is 5.91 Å². The normalized spacial score (nSPS) is 16.6. The maximum Gasteiger partial charge on any atom is 0.401 e. The topological polar surface area (TPSA) is 96.7 Å². The number of alkyl halides is 3. The van der Waals surface area contributed by atoms with E-state index in [1.165, 1.54) is 0 Å². The summed E-state index contributed by atoms with van der Waals surface area (Å²) in [5, 5.41) is 4.56. The van der Waals surface area contributed by atoms with E-state index in [1.807, 2.05) is 0 Å². The molecule has 0 aromatic heterocycles. The molecule has 0 bridgehead atoms. The quantitative estimate of drug-likeness (QED) is 0.685. The molecule has 1 aromatic carbocycles. The number of benzene rings is 1. The van der Waals surface area contributed by atoms with Crippen LogP contribution in [0.5, 0.6) is 0 Å². The fourth-order valence-electron chi connectivity index (χ4n) is 2.27. The molecule has 1 saturated heterocycles.